The molecule has 1 aromatic carbocycles. The van der Waals surface area contributed by atoms with Gasteiger partial charge in [0.1, 0.15) is 0 Å². The Morgan fingerprint density at radius 2 is 1.83 bits per heavy atom. The van der Waals surface area contributed by atoms with Gasteiger partial charge in [0, 0.05) is 39.7 Å². The lowest BCUT2D eigenvalue weighted by molar-refractivity contribution is -0.124. The number of benzene rings is 1. The van der Waals surface area contributed by atoms with Gasteiger partial charge in [0.2, 0.25) is 5.91 Å². The fourth-order valence-corrected chi connectivity index (χ4v) is 3.93. The van der Waals surface area contributed by atoms with Gasteiger partial charge in [0.05, 0.1) is 18.7 Å². The van der Waals surface area contributed by atoms with E-state index in [0.717, 1.165) is 38.9 Å². The zero-order valence-electron chi connectivity index (χ0n) is 17.9. The number of hydrogen-bond donors (Lipinski definition) is 1. The maximum absolute atomic E-state index is 12.6. The first-order valence-electron chi connectivity index (χ1n) is 10.6. The Kier molecular flexibility index (Phi) is 7.75. The number of carbonyl (C=O) groups is 1. The van der Waals surface area contributed by atoms with E-state index in [9.17, 15) is 9.59 Å². The second-order valence-electron chi connectivity index (χ2n) is 7.89. The maximum atomic E-state index is 12.6. The number of nitrogens with zero attached hydrogens (tertiary/aromatic N) is 5. The van der Waals surface area contributed by atoms with Gasteiger partial charge in [-0.3, -0.25) is 4.79 Å². The third-order valence-corrected chi connectivity index (χ3v) is 5.75. The van der Waals surface area contributed by atoms with Crippen LogP contribution in [0.25, 0.3) is 0 Å². The van der Waals surface area contributed by atoms with E-state index in [1.165, 1.54) is 14.9 Å². The molecule has 1 aliphatic rings. The van der Waals surface area contributed by atoms with Crippen molar-refractivity contribution in [3.05, 3.63) is 46.4 Å². The predicted octanol–water partition coefficient (Wildman–Crippen LogP) is 0.690. The Morgan fingerprint density at radius 1 is 1.13 bits per heavy atom. The van der Waals surface area contributed by atoms with Crippen LogP contribution < -0.4 is 11.0 Å². The summed E-state index contributed by atoms with van der Waals surface area (Å²) in [7, 11) is 1.67. The number of hydrogen-bond acceptors (Lipinski definition) is 6. The van der Waals surface area contributed by atoms with E-state index in [-0.39, 0.29) is 17.1 Å². The summed E-state index contributed by atoms with van der Waals surface area (Å²) in [6.45, 7) is 5.80. The number of aromatic nitrogens is 4. The van der Waals surface area contributed by atoms with Crippen LogP contribution in [0.15, 0.2) is 35.1 Å². The minimum absolute atomic E-state index is 0.0621. The Bertz CT molecular complexity index is 855. The van der Waals surface area contributed by atoms with Crippen molar-refractivity contribution >= 4 is 5.91 Å². The Morgan fingerprint density at radius 3 is 2.47 bits per heavy atom. The van der Waals surface area contributed by atoms with Crippen molar-refractivity contribution < 1.29 is 9.53 Å². The van der Waals surface area contributed by atoms with Crippen LogP contribution in [-0.2, 0) is 29.0 Å². The lowest BCUT2D eigenvalue weighted by atomic mass is 9.87. The Hall–Kier alpha value is -2.52. The average Bonchev–Trinajstić information content (AvgIpc) is 3.12. The number of carbonyl (C=O) groups excluding carboxylic acids is 1. The molecular weight excluding hydrogens is 384 g/mol. The smallest absolute Gasteiger partial charge is 0.363 e. The quantitative estimate of drug-likeness (QED) is 0.612. The SMILES string of the molecule is CCn1nnn(CCN2CCC(COC)(NC(=O)CCc3ccccc3)CC2)c1=O. The number of tetrazole rings is 1. The van der Waals surface area contributed by atoms with Gasteiger partial charge in [-0.15, -0.1) is 0 Å². The molecule has 1 fully saturated rings. The van der Waals surface area contributed by atoms with Crippen LogP contribution in [0, 0.1) is 0 Å². The van der Waals surface area contributed by atoms with Gasteiger partial charge in [-0.05, 0) is 42.2 Å². The minimum Gasteiger partial charge on any atom is -0.382 e. The molecule has 2 heterocycles. The third kappa shape index (κ3) is 5.76. The summed E-state index contributed by atoms with van der Waals surface area (Å²) in [4.78, 5) is 26.9. The number of likely N-dealkylation sites (tertiary alicyclic amines) is 1. The summed E-state index contributed by atoms with van der Waals surface area (Å²) < 4.78 is 8.20. The van der Waals surface area contributed by atoms with E-state index in [2.05, 4.69) is 20.6 Å². The van der Waals surface area contributed by atoms with E-state index >= 15 is 0 Å². The molecule has 1 saturated heterocycles. The molecule has 0 unspecified atom stereocenters. The van der Waals surface area contributed by atoms with Crippen LogP contribution in [0.5, 0.6) is 0 Å². The summed E-state index contributed by atoms with van der Waals surface area (Å²) in [6.07, 6.45) is 2.83. The third-order valence-electron chi connectivity index (χ3n) is 5.75. The fourth-order valence-electron chi connectivity index (χ4n) is 3.93. The first-order valence-corrected chi connectivity index (χ1v) is 10.6. The standard InChI is InChI=1S/C21H32N6O3/c1-3-26-20(29)27(24-23-26)16-15-25-13-11-21(12-14-25,17-30-2)22-19(28)10-9-18-7-5-4-6-8-18/h4-8H,3,9-17H2,1-2H3,(H,22,28). The van der Waals surface area contributed by atoms with Crippen LogP contribution in [0.4, 0.5) is 0 Å². The lowest BCUT2D eigenvalue weighted by Gasteiger charge is -2.42. The van der Waals surface area contributed by atoms with Crippen molar-refractivity contribution in [1.82, 2.24) is 30.0 Å². The molecule has 1 aliphatic heterocycles. The molecule has 9 nitrogen and oxygen atoms in total. The van der Waals surface area contributed by atoms with Gasteiger partial charge in [-0.2, -0.15) is 9.36 Å². The van der Waals surface area contributed by atoms with Gasteiger partial charge >= 0.3 is 5.69 Å². The van der Waals surface area contributed by atoms with Gasteiger partial charge in [0.25, 0.3) is 0 Å². The summed E-state index contributed by atoms with van der Waals surface area (Å²) in [6, 6.07) is 10.0. The Labute approximate surface area is 177 Å². The van der Waals surface area contributed by atoms with Gasteiger partial charge < -0.3 is 15.0 Å². The number of piperidine rings is 1. The minimum atomic E-state index is -0.332. The highest BCUT2D eigenvalue weighted by atomic mass is 16.5. The zero-order valence-corrected chi connectivity index (χ0v) is 17.9. The first-order chi connectivity index (χ1) is 14.5. The molecule has 9 heteroatoms. The number of rotatable bonds is 10. The number of nitrogens with one attached hydrogen (secondary N) is 1. The van der Waals surface area contributed by atoms with E-state index in [1.807, 2.05) is 37.3 Å². The van der Waals surface area contributed by atoms with E-state index in [4.69, 9.17) is 4.74 Å². The van der Waals surface area contributed by atoms with Crippen molar-refractivity contribution in [3.63, 3.8) is 0 Å². The molecule has 1 aromatic heterocycles. The fraction of sp³-hybridized carbons (Fsp3) is 0.619. The molecule has 2 aromatic rings. The van der Waals surface area contributed by atoms with Gasteiger partial charge in [-0.1, -0.05) is 30.3 Å². The van der Waals surface area contributed by atoms with E-state index < -0.39 is 0 Å². The molecule has 0 aliphatic carbocycles. The molecule has 1 N–H and O–H groups in total. The zero-order chi connectivity index (χ0) is 21.4. The Balaban J connectivity index is 1.48. The van der Waals surface area contributed by atoms with Crippen molar-refractivity contribution in [2.45, 2.75) is 51.2 Å². The number of aryl methyl sites for hydroxylation is 2. The van der Waals surface area contributed by atoms with Crippen molar-refractivity contribution in [2.75, 3.05) is 33.4 Å². The lowest BCUT2D eigenvalue weighted by Crippen LogP contribution is -2.58. The molecule has 1 amide bonds. The predicted molar refractivity (Wildman–Crippen MR) is 113 cm³/mol. The largest absolute Gasteiger partial charge is 0.382 e. The molecule has 0 spiro atoms. The highest BCUT2D eigenvalue weighted by Gasteiger charge is 2.35. The van der Waals surface area contributed by atoms with Crippen molar-refractivity contribution in [1.29, 1.82) is 0 Å². The first kappa shape index (κ1) is 22.2. The molecule has 0 bridgehead atoms. The molecule has 3 rings (SSSR count). The van der Waals surface area contributed by atoms with Crippen LogP contribution in [0.2, 0.25) is 0 Å². The van der Waals surface area contributed by atoms with Crippen molar-refractivity contribution in [2.24, 2.45) is 0 Å². The van der Waals surface area contributed by atoms with Crippen LogP contribution >= 0.6 is 0 Å². The second kappa shape index (κ2) is 10.5. The van der Waals surface area contributed by atoms with Crippen LogP contribution in [0.1, 0.15) is 31.7 Å². The summed E-state index contributed by atoms with van der Waals surface area (Å²) in [5.41, 5.74) is 0.661. The van der Waals surface area contributed by atoms with Crippen molar-refractivity contribution in [3.8, 4) is 0 Å². The maximum Gasteiger partial charge on any atom is 0.363 e. The highest BCUT2D eigenvalue weighted by Crippen LogP contribution is 2.23. The number of amides is 1. The molecule has 0 radical (unpaired) electrons. The number of methoxy groups -OCH3 is 1. The topological polar surface area (TPSA) is 94.3 Å². The molecule has 0 saturated carbocycles. The van der Waals surface area contributed by atoms with E-state index in [1.54, 1.807) is 7.11 Å². The number of ether oxygens (including phenoxy) is 1. The molecule has 0 atom stereocenters. The van der Waals surface area contributed by atoms with Crippen LogP contribution in [-0.4, -0.2) is 69.5 Å². The van der Waals surface area contributed by atoms with Gasteiger partial charge in [0.15, 0.2) is 0 Å². The second-order valence-corrected chi connectivity index (χ2v) is 7.89. The monoisotopic (exact) mass is 416 g/mol. The summed E-state index contributed by atoms with van der Waals surface area (Å²) >= 11 is 0. The molecule has 30 heavy (non-hydrogen) atoms. The molecule has 164 valence electrons. The van der Waals surface area contributed by atoms with E-state index in [0.29, 0.717) is 26.1 Å². The summed E-state index contributed by atoms with van der Waals surface area (Å²) in [5.74, 6) is 0.0621. The van der Waals surface area contributed by atoms with Crippen LogP contribution in [0.3, 0.4) is 0 Å². The highest BCUT2D eigenvalue weighted by molar-refractivity contribution is 5.77. The van der Waals surface area contributed by atoms with Gasteiger partial charge in [-0.25, -0.2) is 4.79 Å². The molecular formula is C21H32N6O3. The average molecular weight is 417 g/mol. The normalized spacial score (nSPS) is 16.5. The summed E-state index contributed by atoms with van der Waals surface area (Å²) in [5, 5.41) is 11.0.